The Morgan fingerprint density at radius 2 is 1.96 bits per heavy atom. The minimum absolute atomic E-state index is 0.232. The lowest BCUT2D eigenvalue weighted by Gasteiger charge is -2.09. The molecule has 3 aromatic heterocycles. The quantitative estimate of drug-likeness (QED) is 0.452. The molecule has 0 spiro atoms. The molecule has 0 saturated heterocycles. The average Bonchev–Trinajstić information content (AvgIpc) is 3.35. The molecule has 0 radical (unpaired) electrons. The number of pyridine rings is 1. The SMILES string of the molecule is Cc1cc(CSc2ncccc2C(=O)NCCNC(=O)c2ccco2)no1. The van der Waals surface area contributed by atoms with E-state index in [4.69, 9.17) is 8.94 Å². The summed E-state index contributed by atoms with van der Waals surface area (Å²) in [5.74, 6) is 0.939. The van der Waals surface area contributed by atoms with E-state index in [1.165, 1.54) is 18.0 Å². The van der Waals surface area contributed by atoms with Crippen LogP contribution in [0.15, 0.2) is 56.8 Å². The Balaban J connectivity index is 1.49. The summed E-state index contributed by atoms with van der Waals surface area (Å²) in [7, 11) is 0. The van der Waals surface area contributed by atoms with Crippen LogP contribution in [0.4, 0.5) is 0 Å². The maximum Gasteiger partial charge on any atom is 0.287 e. The fraction of sp³-hybridized carbons (Fsp3) is 0.222. The molecule has 2 amide bonds. The van der Waals surface area contributed by atoms with Gasteiger partial charge in [0, 0.05) is 31.1 Å². The predicted molar refractivity (Wildman–Crippen MR) is 98.4 cm³/mol. The minimum atomic E-state index is -0.324. The average molecular weight is 386 g/mol. The standard InChI is InChI=1S/C18H18N4O4S/c1-12-10-13(22-26-12)11-27-18-14(4-2-6-21-18)16(23)19-7-8-20-17(24)15-5-3-9-25-15/h2-6,9-10H,7-8,11H2,1H3,(H,19,23)(H,20,24). The number of carbonyl (C=O) groups excluding carboxylic acids is 2. The highest BCUT2D eigenvalue weighted by atomic mass is 32.2. The normalized spacial score (nSPS) is 10.6. The van der Waals surface area contributed by atoms with E-state index >= 15 is 0 Å². The number of nitrogens with zero attached hydrogens (tertiary/aromatic N) is 2. The van der Waals surface area contributed by atoms with Gasteiger partial charge in [-0.15, -0.1) is 0 Å². The van der Waals surface area contributed by atoms with Crippen molar-refractivity contribution in [3.8, 4) is 0 Å². The summed E-state index contributed by atoms with van der Waals surface area (Å²) in [6.07, 6.45) is 3.06. The van der Waals surface area contributed by atoms with Gasteiger partial charge in [-0.25, -0.2) is 4.98 Å². The molecular weight excluding hydrogens is 368 g/mol. The predicted octanol–water partition coefficient (Wildman–Crippen LogP) is 2.42. The Morgan fingerprint density at radius 1 is 1.15 bits per heavy atom. The third-order valence-corrected chi connectivity index (χ3v) is 4.53. The topological polar surface area (TPSA) is 110 Å². The fourth-order valence-corrected chi connectivity index (χ4v) is 3.12. The van der Waals surface area contributed by atoms with Crippen LogP contribution in [0, 0.1) is 6.92 Å². The van der Waals surface area contributed by atoms with Gasteiger partial charge in [0.15, 0.2) is 5.76 Å². The summed E-state index contributed by atoms with van der Waals surface area (Å²) in [5.41, 5.74) is 1.26. The molecule has 0 atom stereocenters. The molecule has 0 aliphatic rings. The first kappa shape index (κ1) is 18.7. The summed E-state index contributed by atoms with van der Waals surface area (Å²) in [4.78, 5) is 28.4. The van der Waals surface area contributed by atoms with Gasteiger partial charge in [-0.1, -0.05) is 16.9 Å². The molecule has 140 valence electrons. The van der Waals surface area contributed by atoms with Crippen molar-refractivity contribution in [2.45, 2.75) is 17.7 Å². The van der Waals surface area contributed by atoms with Gasteiger partial charge < -0.3 is 19.6 Å². The number of amides is 2. The molecule has 2 N–H and O–H groups in total. The lowest BCUT2D eigenvalue weighted by atomic mass is 10.2. The first-order valence-corrected chi connectivity index (χ1v) is 9.22. The van der Waals surface area contributed by atoms with Crippen LogP contribution in [-0.2, 0) is 5.75 Å². The van der Waals surface area contributed by atoms with Gasteiger partial charge in [0.25, 0.3) is 11.8 Å². The summed E-state index contributed by atoms with van der Waals surface area (Å²) in [5, 5.41) is 9.98. The lowest BCUT2D eigenvalue weighted by molar-refractivity contribution is 0.0909. The second kappa shape index (κ2) is 9.04. The maximum absolute atomic E-state index is 12.4. The van der Waals surface area contributed by atoms with Crippen molar-refractivity contribution in [3.63, 3.8) is 0 Å². The number of nitrogens with one attached hydrogen (secondary N) is 2. The number of carbonyl (C=O) groups is 2. The summed E-state index contributed by atoms with van der Waals surface area (Å²) >= 11 is 1.41. The molecule has 0 saturated carbocycles. The number of rotatable bonds is 8. The molecule has 3 rings (SSSR count). The smallest absolute Gasteiger partial charge is 0.287 e. The highest BCUT2D eigenvalue weighted by Crippen LogP contribution is 2.24. The molecule has 0 fully saturated rings. The number of furan rings is 1. The lowest BCUT2D eigenvalue weighted by Crippen LogP contribution is -2.34. The Morgan fingerprint density at radius 3 is 2.67 bits per heavy atom. The summed E-state index contributed by atoms with van der Waals surface area (Å²) < 4.78 is 10.0. The van der Waals surface area contributed by atoms with E-state index in [-0.39, 0.29) is 30.7 Å². The van der Waals surface area contributed by atoms with Gasteiger partial charge in [-0.05, 0) is 31.2 Å². The highest BCUT2D eigenvalue weighted by molar-refractivity contribution is 7.98. The van der Waals surface area contributed by atoms with Gasteiger partial charge in [0.1, 0.15) is 10.8 Å². The van der Waals surface area contributed by atoms with Crippen LogP contribution >= 0.6 is 11.8 Å². The zero-order chi connectivity index (χ0) is 19.1. The molecule has 8 nitrogen and oxygen atoms in total. The number of thioether (sulfide) groups is 1. The Kier molecular flexibility index (Phi) is 6.26. The van der Waals surface area contributed by atoms with E-state index in [2.05, 4.69) is 20.8 Å². The second-order valence-electron chi connectivity index (χ2n) is 5.56. The first-order chi connectivity index (χ1) is 13.1. The van der Waals surface area contributed by atoms with Crippen molar-refractivity contribution in [2.24, 2.45) is 0 Å². The molecule has 3 heterocycles. The Bertz CT molecular complexity index is 908. The van der Waals surface area contributed by atoms with Crippen molar-refractivity contribution < 1.29 is 18.5 Å². The van der Waals surface area contributed by atoms with Crippen LogP contribution in [0.2, 0.25) is 0 Å². The summed E-state index contributed by atoms with van der Waals surface area (Å²) in [6, 6.07) is 8.47. The minimum Gasteiger partial charge on any atom is -0.459 e. The third kappa shape index (κ3) is 5.20. The van der Waals surface area contributed by atoms with Gasteiger partial charge in [0.2, 0.25) is 0 Å². The number of aromatic nitrogens is 2. The van der Waals surface area contributed by atoms with Gasteiger partial charge >= 0.3 is 0 Å². The van der Waals surface area contributed by atoms with Crippen LogP contribution < -0.4 is 10.6 Å². The van der Waals surface area contributed by atoms with E-state index < -0.39 is 0 Å². The van der Waals surface area contributed by atoms with E-state index in [1.54, 1.807) is 30.5 Å². The highest BCUT2D eigenvalue weighted by Gasteiger charge is 2.14. The van der Waals surface area contributed by atoms with E-state index in [0.29, 0.717) is 16.3 Å². The zero-order valence-corrected chi connectivity index (χ0v) is 15.4. The molecule has 9 heteroatoms. The van der Waals surface area contributed by atoms with E-state index in [9.17, 15) is 9.59 Å². The van der Waals surface area contributed by atoms with E-state index in [1.807, 2.05) is 13.0 Å². The number of hydrogen-bond acceptors (Lipinski definition) is 7. The van der Waals surface area contributed by atoms with Crippen LogP contribution in [0.5, 0.6) is 0 Å². The van der Waals surface area contributed by atoms with Crippen molar-refractivity contribution in [2.75, 3.05) is 13.1 Å². The zero-order valence-electron chi connectivity index (χ0n) is 14.6. The van der Waals surface area contributed by atoms with Gasteiger partial charge in [-0.2, -0.15) is 0 Å². The van der Waals surface area contributed by atoms with Crippen LogP contribution in [0.25, 0.3) is 0 Å². The Hall–Kier alpha value is -3.07. The molecule has 0 bridgehead atoms. The monoisotopic (exact) mass is 386 g/mol. The van der Waals surface area contributed by atoms with Crippen molar-refractivity contribution >= 4 is 23.6 Å². The van der Waals surface area contributed by atoms with Crippen molar-refractivity contribution in [1.82, 2.24) is 20.8 Å². The number of aryl methyl sites for hydroxylation is 1. The van der Waals surface area contributed by atoms with Crippen LogP contribution in [0.1, 0.15) is 32.4 Å². The second-order valence-corrected chi connectivity index (χ2v) is 6.53. The largest absolute Gasteiger partial charge is 0.459 e. The first-order valence-electron chi connectivity index (χ1n) is 8.23. The molecule has 27 heavy (non-hydrogen) atoms. The van der Waals surface area contributed by atoms with Crippen LogP contribution in [-0.4, -0.2) is 35.0 Å². The molecule has 0 aromatic carbocycles. The van der Waals surface area contributed by atoms with Crippen LogP contribution in [0.3, 0.4) is 0 Å². The molecule has 0 aliphatic heterocycles. The van der Waals surface area contributed by atoms with E-state index in [0.717, 1.165) is 11.5 Å². The van der Waals surface area contributed by atoms with Gasteiger partial charge in [-0.3, -0.25) is 9.59 Å². The molecule has 0 unspecified atom stereocenters. The summed E-state index contributed by atoms with van der Waals surface area (Å²) in [6.45, 7) is 2.39. The maximum atomic E-state index is 12.4. The Labute approximate surface area is 159 Å². The van der Waals surface area contributed by atoms with Gasteiger partial charge in [0.05, 0.1) is 17.5 Å². The van der Waals surface area contributed by atoms with Crippen molar-refractivity contribution in [1.29, 1.82) is 0 Å². The molecule has 3 aromatic rings. The number of hydrogen-bond donors (Lipinski definition) is 2. The fourth-order valence-electron chi connectivity index (χ4n) is 2.25. The third-order valence-electron chi connectivity index (χ3n) is 3.49. The molecule has 0 aliphatic carbocycles. The van der Waals surface area contributed by atoms with Crippen molar-refractivity contribution in [3.05, 3.63) is 65.6 Å². The molecular formula is C18H18N4O4S.